The summed E-state index contributed by atoms with van der Waals surface area (Å²) in [6.07, 6.45) is 0. The molecule has 2 aromatic rings. The molecular formula is C19H19BrClNO4S. The molecule has 0 unspecified atom stereocenters. The molecule has 1 aliphatic carbocycles. The van der Waals surface area contributed by atoms with E-state index in [1.54, 1.807) is 19.1 Å². The van der Waals surface area contributed by atoms with Crippen molar-refractivity contribution in [2.24, 2.45) is 11.1 Å². The zero-order valence-electron chi connectivity index (χ0n) is 14.6. The summed E-state index contributed by atoms with van der Waals surface area (Å²) in [4.78, 5) is 12.9. The predicted octanol–water partition coefficient (Wildman–Crippen LogP) is 3.55. The van der Waals surface area contributed by atoms with Crippen LogP contribution in [-0.2, 0) is 19.4 Å². The number of ether oxygens (including phenoxy) is 1. The number of nitrogens with two attached hydrogens (primary N) is 1. The largest absolute Gasteiger partial charge is 0.465 e. The van der Waals surface area contributed by atoms with Gasteiger partial charge in [0.15, 0.2) is 9.84 Å². The maximum absolute atomic E-state index is 13.3. The van der Waals surface area contributed by atoms with Crippen LogP contribution in [0.1, 0.15) is 18.4 Å². The summed E-state index contributed by atoms with van der Waals surface area (Å²) in [6, 6.07) is 13.1. The zero-order chi connectivity index (χ0) is 19.8. The Bertz CT molecular complexity index is 947. The van der Waals surface area contributed by atoms with E-state index >= 15 is 0 Å². The molecule has 27 heavy (non-hydrogen) atoms. The van der Waals surface area contributed by atoms with Crippen LogP contribution in [0.5, 0.6) is 0 Å². The van der Waals surface area contributed by atoms with Crippen molar-refractivity contribution >= 4 is 43.3 Å². The Kier molecular flexibility index (Phi) is 5.68. The highest BCUT2D eigenvalue weighted by molar-refractivity contribution is 9.10. The lowest BCUT2D eigenvalue weighted by Crippen LogP contribution is -2.33. The van der Waals surface area contributed by atoms with Gasteiger partial charge in [-0.05, 0) is 48.9 Å². The Morgan fingerprint density at radius 3 is 2.30 bits per heavy atom. The van der Waals surface area contributed by atoms with E-state index in [4.69, 9.17) is 22.1 Å². The van der Waals surface area contributed by atoms with Crippen LogP contribution in [0.4, 0.5) is 0 Å². The molecule has 1 saturated carbocycles. The second-order valence-corrected chi connectivity index (χ2v) is 9.84. The molecule has 3 rings (SSSR count). The molecule has 0 amide bonds. The molecule has 1 aliphatic rings. The summed E-state index contributed by atoms with van der Waals surface area (Å²) in [6.45, 7) is 1.72. The summed E-state index contributed by atoms with van der Waals surface area (Å²) in [5, 5.41) is -0.555. The van der Waals surface area contributed by atoms with Gasteiger partial charge in [0.25, 0.3) is 0 Å². The Morgan fingerprint density at radius 1 is 1.19 bits per heavy atom. The first kappa shape index (κ1) is 20.3. The van der Waals surface area contributed by atoms with E-state index in [0.717, 1.165) is 10.0 Å². The summed E-state index contributed by atoms with van der Waals surface area (Å²) < 4.78 is 32.7. The number of esters is 1. The topological polar surface area (TPSA) is 86.5 Å². The fourth-order valence-corrected chi connectivity index (χ4v) is 6.38. The highest BCUT2D eigenvalue weighted by atomic mass is 79.9. The number of carbonyl (C=O) groups excluding carboxylic acids is 1. The van der Waals surface area contributed by atoms with E-state index in [1.165, 1.54) is 24.3 Å². The van der Waals surface area contributed by atoms with E-state index in [0.29, 0.717) is 5.02 Å². The number of sulfone groups is 1. The van der Waals surface area contributed by atoms with Gasteiger partial charge < -0.3 is 10.5 Å². The van der Waals surface area contributed by atoms with Crippen molar-refractivity contribution in [2.75, 3.05) is 13.2 Å². The second-order valence-electron chi connectivity index (χ2n) is 6.41. The molecule has 0 radical (unpaired) electrons. The third-order valence-electron chi connectivity index (χ3n) is 4.96. The fraction of sp³-hybridized carbons (Fsp3) is 0.316. The van der Waals surface area contributed by atoms with Crippen LogP contribution in [0, 0.1) is 5.41 Å². The average Bonchev–Trinajstić information content (AvgIpc) is 3.34. The van der Waals surface area contributed by atoms with Gasteiger partial charge in [0.05, 0.1) is 16.8 Å². The maximum Gasteiger partial charge on any atom is 0.315 e. The van der Waals surface area contributed by atoms with Crippen LogP contribution < -0.4 is 5.73 Å². The minimum Gasteiger partial charge on any atom is -0.465 e. The molecule has 3 atom stereocenters. The first-order chi connectivity index (χ1) is 12.8. The van der Waals surface area contributed by atoms with Gasteiger partial charge in [-0.25, -0.2) is 8.42 Å². The Hall–Kier alpha value is -1.41. The van der Waals surface area contributed by atoms with Gasteiger partial charge in [-0.15, -0.1) is 0 Å². The van der Waals surface area contributed by atoms with Gasteiger partial charge in [0, 0.05) is 22.0 Å². The van der Waals surface area contributed by atoms with E-state index in [-0.39, 0.29) is 18.0 Å². The smallest absolute Gasteiger partial charge is 0.315 e. The number of carbonyl (C=O) groups is 1. The maximum atomic E-state index is 13.3. The van der Waals surface area contributed by atoms with Gasteiger partial charge >= 0.3 is 5.97 Å². The van der Waals surface area contributed by atoms with Gasteiger partial charge in [0.1, 0.15) is 5.41 Å². The monoisotopic (exact) mass is 471 g/mol. The van der Waals surface area contributed by atoms with Crippen LogP contribution in [-0.4, -0.2) is 32.8 Å². The van der Waals surface area contributed by atoms with Gasteiger partial charge in [0.2, 0.25) is 0 Å². The quantitative estimate of drug-likeness (QED) is 0.650. The molecule has 0 spiro atoms. The lowest BCUT2D eigenvalue weighted by molar-refractivity contribution is -0.149. The Labute approximate surface area is 171 Å². The molecule has 0 heterocycles. The van der Waals surface area contributed by atoms with Gasteiger partial charge in [-0.2, -0.15) is 0 Å². The highest BCUT2D eigenvalue weighted by Gasteiger charge is 2.75. The molecule has 0 bridgehead atoms. The van der Waals surface area contributed by atoms with E-state index < -0.39 is 32.4 Å². The molecule has 1 fully saturated rings. The standard InChI is InChI=1S/C19H19BrClNO4S/c1-2-26-18(23)19(11-22)16(12-3-5-13(20)6-4-12)17(19)27(24,25)15-9-7-14(21)8-10-15/h3-10,16-17H,2,11,22H2,1H3/t16-,17+,19+/m0/s1. The molecule has 8 heteroatoms. The van der Waals surface area contributed by atoms with E-state index in [9.17, 15) is 13.2 Å². The first-order valence-electron chi connectivity index (χ1n) is 8.41. The van der Waals surface area contributed by atoms with E-state index in [1.807, 2.05) is 12.1 Å². The summed E-state index contributed by atoms with van der Waals surface area (Å²) >= 11 is 9.24. The number of halogens is 2. The SMILES string of the molecule is CCOC(=O)[C@@]1(CN)[C@H](S(=O)(=O)c2ccc(Cl)cc2)[C@@H]1c1ccc(Br)cc1. The minimum absolute atomic E-state index is 0.110. The number of hydrogen-bond donors (Lipinski definition) is 1. The summed E-state index contributed by atoms with van der Waals surface area (Å²) in [5.41, 5.74) is 5.38. The highest BCUT2D eigenvalue weighted by Crippen LogP contribution is 2.64. The normalized spacial score (nSPS) is 24.4. The lowest BCUT2D eigenvalue weighted by Gasteiger charge is -2.14. The molecule has 0 aromatic heterocycles. The third kappa shape index (κ3) is 3.42. The lowest BCUT2D eigenvalue weighted by atomic mass is 9.99. The van der Waals surface area contributed by atoms with Crippen molar-refractivity contribution in [2.45, 2.75) is 23.0 Å². The molecule has 144 valence electrons. The van der Waals surface area contributed by atoms with Gasteiger partial charge in [-0.3, -0.25) is 4.79 Å². The number of benzene rings is 2. The molecule has 2 N–H and O–H groups in total. The fourth-order valence-electron chi connectivity index (χ4n) is 3.61. The van der Waals surface area contributed by atoms with Crippen molar-refractivity contribution in [3.63, 3.8) is 0 Å². The summed E-state index contributed by atoms with van der Waals surface area (Å²) in [7, 11) is -3.82. The van der Waals surface area contributed by atoms with Crippen molar-refractivity contribution in [1.29, 1.82) is 0 Å². The number of rotatable bonds is 6. The molecule has 0 aliphatic heterocycles. The van der Waals surface area contributed by atoms with Crippen LogP contribution in [0.15, 0.2) is 57.9 Å². The van der Waals surface area contributed by atoms with Crippen LogP contribution >= 0.6 is 27.5 Å². The number of hydrogen-bond acceptors (Lipinski definition) is 5. The molecular weight excluding hydrogens is 454 g/mol. The second kappa shape index (κ2) is 7.54. The minimum atomic E-state index is -3.82. The van der Waals surface area contributed by atoms with Gasteiger partial charge in [-0.1, -0.05) is 39.7 Å². The molecule has 5 nitrogen and oxygen atoms in total. The Balaban J connectivity index is 2.10. The third-order valence-corrected chi connectivity index (χ3v) is 8.03. The van der Waals surface area contributed by atoms with E-state index in [2.05, 4.69) is 15.9 Å². The van der Waals surface area contributed by atoms with Crippen LogP contribution in [0.25, 0.3) is 0 Å². The molecule has 2 aromatic carbocycles. The van der Waals surface area contributed by atoms with Crippen molar-refractivity contribution in [3.8, 4) is 0 Å². The molecule has 0 saturated heterocycles. The first-order valence-corrected chi connectivity index (χ1v) is 11.1. The predicted molar refractivity (Wildman–Crippen MR) is 107 cm³/mol. The van der Waals surface area contributed by atoms with Crippen molar-refractivity contribution in [1.82, 2.24) is 0 Å². The van der Waals surface area contributed by atoms with Crippen LogP contribution in [0.2, 0.25) is 5.02 Å². The average molecular weight is 473 g/mol. The van der Waals surface area contributed by atoms with Crippen molar-refractivity contribution < 1.29 is 17.9 Å². The van der Waals surface area contributed by atoms with Crippen molar-refractivity contribution in [3.05, 3.63) is 63.6 Å². The van der Waals surface area contributed by atoms with Crippen LogP contribution in [0.3, 0.4) is 0 Å². The zero-order valence-corrected chi connectivity index (χ0v) is 17.7. The summed E-state index contributed by atoms with van der Waals surface area (Å²) in [5.74, 6) is -1.15. The Morgan fingerprint density at radius 2 is 1.78 bits per heavy atom.